The molecule has 1 aromatic carbocycles. The van der Waals surface area contributed by atoms with Crippen molar-refractivity contribution in [1.29, 1.82) is 0 Å². The number of phenols is 1. The van der Waals surface area contributed by atoms with Gasteiger partial charge in [-0.25, -0.2) is 5.90 Å². The van der Waals surface area contributed by atoms with E-state index in [0.717, 1.165) is 16.9 Å². The van der Waals surface area contributed by atoms with Crippen molar-refractivity contribution in [3.63, 3.8) is 0 Å². The molecule has 0 saturated carbocycles. The Bertz CT molecular complexity index is 312. The van der Waals surface area contributed by atoms with E-state index in [4.69, 9.17) is 10.6 Å². The zero-order valence-corrected chi connectivity index (χ0v) is 8.41. The van der Waals surface area contributed by atoms with Crippen LogP contribution in [0.15, 0.2) is 12.1 Å². The van der Waals surface area contributed by atoms with E-state index in [1.165, 1.54) is 0 Å². The first-order valence-corrected chi connectivity index (χ1v) is 4.37. The second kappa shape index (κ2) is 4.83. The molecule has 78 valence electrons. The maximum atomic E-state index is 9.49. The minimum Gasteiger partial charge on any atom is -0.508 e. The molecule has 0 unspecified atom stereocenters. The van der Waals surface area contributed by atoms with Crippen LogP contribution in [0.4, 0.5) is 0 Å². The summed E-state index contributed by atoms with van der Waals surface area (Å²) in [6.45, 7) is 2.22. The minimum absolute atomic E-state index is 0.262. The van der Waals surface area contributed by atoms with Crippen LogP contribution in [0.3, 0.4) is 0 Å². The molecule has 0 saturated heterocycles. The van der Waals surface area contributed by atoms with Gasteiger partial charge in [0.05, 0.1) is 13.7 Å². The summed E-state index contributed by atoms with van der Waals surface area (Å²) >= 11 is 0. The number of phenolic OH excluding ortho intramolecular Hbond substituents is 1. The summed E-state index contributed by atoms with van der Waals surface area (Å²) in [4.78, 5) is 4.48. The van der Waals surface area contributed by atoms with E-state index in [1.807, 2.05) is 6.92 Å². The summed E-state index contributed by atoms with van der Waals surface area (Å²) in [5, 5.41) is 9.49. The van der Waals surface area contributed by atoms with Crippen LogP contribution in [-0.2, 0) is 11.3 Å². The quantitative estimate of drug-likeness (QED) is 0.710. The Hall–Kier alpha value is -1.26. The number of benzene rings is 1. The Labute approximate surface area is 83.2 Å². The number of ether oxygens (including phenoxy) is 1. The lowest BCUT2D eigenvalue weighted by molar-refractivity contribution is 0.140. The molecule has 0 radical (unpaired) electrons. The van der Waals surface area contributed by atoms with Crippen LogP contribution >= 0.6 is 0 Å². The fraction of sp³-hybridized carbons (Fsp3) is 0.400. The van der Waals surface area contributed by atoms with Crippen molar-refractivity contribution in [2.45, 2.75) is 13.3 Å². The molecule has 4 nitrogen and oxygen atoms in total. The van der Waals surface area contributed by atoms with Crippen molar-refractivity contribution in [3.8, 4) is 11.5 Å². The van der Waals surface area contributed by atoms with Gasteiger partial charge in [0.25, 0.3) is 0 Å². The predicted molar refractivity (Wildman–Crippen MR) is 53.2 cm³/mol. The van der Waals surface area contributed by atoms with Gasteiger partial charge in [-0.1, -0.05) is 0 Å². The molecule has 0 aliphatic heterocycles. The van der Waals surface area contributed by atoms with Gasteiger partial charge in [0.1, 0.15) is 11.5 Å². The Morgan fingerprint density at radius 1 is 1.43 bits per heavy atom. The summed E-state index contributed by atoms with van der Waals surface area (Å²) in [5.41, 5.74) is 1.68. The third-order valence-corrected chi connectivity index (χ3v) is 2.09. The second-order valence-corrected chi connectivity index (χ2v) is 3.07. The van der Waals surface area contributed by atoms with E-state index in [2.05, 4.69) is 4.84 Å². The average molecular weight is 197 g/mol. The normalized spacial score (nSPS) is 10.2. The first kappa shape index (κ1) is 10.8. The first-order chi connectivity index (χ1) is 6.69. The van der Waals surface area contributed by atoms with Gasteiger partial charge in [0, 0.05) is 12.0 Å². The molecule has 0 heterocycles. The minimum atomic E-state index is 0.262. The highest BCUT2D eigenvalue weighted by Crippen LogP contribution is 2.27. The number of hydrogen-bond acceptors (Lipinski definition) is 4. The average Bonchev–Trinajstić information content (AvgIpc) is 2.19. The third kappa shape index (κ3) is 2.37. The summed E-state index contributed by atoms with van der Waals surface area (Å²) in [6, 6.07) is 3.47. The molecule has 3 N–H and O–H groups in total. The largest absolute Gasteiger partial charge is 0.508 e. The van der Waals surface area contributed by atoms with Crippen molar-refractivity contribution in [2.24, 2.45) is 5.90 Å². The van der Waals surface area contributed by atoms with Crippen LogP contribution in [0.25, 0.3) is 0 Å². The van der Waals surface area contributed by atoms with Crippen molar-refractivity contribution < 1.29 is 14.7 Å². The summed E-state index contributed by atoms with van der Waals surface area (Å²) < 4.78 is 5.17. The van der Waals surface area contributed by atoms with Crippen LogP contribution in [-0.4, -0.2) is 18.8 Å². The van der Waals surface area contributed by atoms with Crippen molar-refractivity contribution in [1.82, 2.24) is 0 Å². The molecule has 0 fully saturated rings. The van der Waals surface area contributed by atoms with Crippen LogP contribution < -0.4 is 10.6 Å². The maximum absolute atomic E-state index is 9.49. The van der Waals surface area contributed by atoms with Crippen molar-refractivity contribution >= 4 is 0 Å². The highest BCUT2D eigenvalue weighted by molar-refractivity contribution is 5.45. The topological polar surface area (TPSA) is 64.7 Å². The first-order valence-electron chi connectivity index (χ1n) is 4.37. The lowest BCUT2D eigenvalue weighted by Gasteiger charge is -2.10. The smallest absolute Gasteiger partial charge is 0.122 e. The molecule has 0 atom stereocenters. The molecule has 0 amide bonds. The Balaban J connectivity index is 2.95. The molecule has 0 aliphatic rings. The van der Waals surface area contributed by atoms with E-state index >= 15 is 0 Å². The van der Waals surface area contributed by atoms with Gasteiger partial charge >= 0.3 is 0 Å². The predicted octanol–water partition coefficient (Wildman–Crippen LogP) is 1.14. The molecule has 0 aromatic heterocycles. The molecule has 1 rings (SSSR count). The summed E-state index contributed by atoms with van der Waals surface area (Å²) in [7, 11) is 1.60. The Kier molecular flexibility index (Phi) is 3.73. The molecule has 1 aromatic rings. The van der Waals surface area contributed by atoms with Crippen molar-refractivity contribution in [3.05, 3.63) is 23.3 Å². The molecule has 4 heteroatoms. The fourth-order valence-electron chi connectivity index (χ4n) is 1.27. The molecule has 0 aliphatic carbocycles. The molecule has 0 bridgehead atoms. The van der Waals surface area contributed by atoms with Gasteiger partial charge in [-0.3, -0.25) is 0 Å². The van der Waals surface area contributed by atoms with Crippen LogP contribution in [0.5, 0.6) is 11.5 Å². The lowest BCUT2D eigenvalue weighted by atomic mass is 10.1. The SMILES string of the molecule is COc1cc(C)c(O)cc1CCON. The van der Waals surface area contributed by atoms with E-state index in [-0.39, 0.29) is 5.75 Å². The highest BCUT2D eigenvalue weighted by atomic mass is 16.6. The van der Waals surface area contributed by atoms with Gasteiger partial charge in [0.15, 0.2) is 0 Å². The summed E-state index contributed by atoms with van der Waals surface area (Å²) in [5.74, 6) is 5.94. The highest BCUT2D eigenvalue weighted by Gasteiger charge is 2.06. The monoisotopic (exact) mass is 197 g/mol. The molecular weight excluding hydrogens is 182 g/mol. The zero-order valence-electron chi connectivity index (χ0n) is 8.41. The second-order valence-electron chi connectivity index (χ2n) is 3.07. The Morgan fingerprint density at radius 3 is 2.71 bits per heavy atom. The fourth-order valence-corrected chi connectivity index (χ4v) is 1.27. The lowest BCUT2D eigenvalue weighted by Crippen LogP contribution is -2.05. The Morgan fingerprint density at radius 2 is 2.14 bits per heavy atom. The van der Waals surface area contributed by atoms with Gasteiger partial charge in [0.2, 0.25) is 0 Å². The molecule has 0 spiro atoms. The number of rotatable bonds is 4. The standard InChI is InChI=1S/C10H15NO3/c1-7-5-10(13-2)8(3-4-14-11)6-9(7)12/h5-6,12H,3-4,11H2,1-2H3. The van der Waals surface area contributed by atoms with Crippen molar-refractivity contribution in [2.75, 3.05) is 13.7 Å². The van der Waals surface area contributed by atoms with E-state index in [0.29, 0.717) is 13.0 Å². The van der Waals surface area contributed by atoms with Crippen LogP contribution in [0, 0.1) is 6.92 Å². The number of nitrogens with two attached hydrogens (primary N) is 1. The number of aromatic hydroxyl groups is 1. The van der Waals surface area contributed by atoms with Gasteiger partial charge in [-0.05, 0) is 24.6 Å². The summed E-state index contributed by atoms with van der Waals surface area (Å²) in [6.07, 6.45) is 0.619. The van der Waals surface area contributed by atoms with Crippen LogP contribution in [0.2, 0.25) is 0 Å². The maximum Gasteiger partial charge on any atom is 0.122 e. The van der Waals surface area contributed by atoms with E-state index in [9.17, 15) is 5.11 Å². The van der Waals surface area contributed by atoms with E-state index < -0.39 is 0 Å². The van der Waals surface area contributed by atoms with Gasteiger partial charge in [-0.15, -0.1) is 0 Å². The van der Waals surface area contributed by atoms with Gasteiger partial charge < -0.3 is 14.7 Å². The zero-order chi connectivity index (χ0) is 10.6. The molecular formula is C10H15NO3. The van der Waals surface area contributed by atoms with E-state index in [1.54, 1.807) is 19.2 Å². The van der Waals surface area contributed by atoms with Crippen LogP contribution in [0.1, 0.15) is 11.1 Å². The number of aryl methyl sites for hydroxylation is 1. The number of methoxy groups -OCH3 is 1. The number of hydrogen-bond donors (Lipinski definition) is 2. The van der Waals surface area contributed by atoms with Gasteiger partial charge in [-0.2, -0.15) is 0 Å². The molecule has 14 heavy (non-hydrogen) atoms. The third-order valence-electron chi connectivity index (χ3n) is 2.09.